The average Bonchev–Trinajstić information content (AvgIpc) is 2.33. The molecule has 0 unspecified atom stereocenters. The number of hydrogen-bond donors (Lipinski definition) is 0. The van der Waals surface area contributed by atoms with Crippen LogP contribution in [-0.4, -0.2) is 26.2 Å². The van der Waals surface area contributed by atoms with Gasteiger partial charge < -0.3 is 9.47 Å². The molecule has 0 atom stereocenters. The predicted molar refractivity (Wildman–Crippen MR) is 70.2 cm³/mol. The highest BCUT2D eigenvalue weighted by atomic mass is 35.5. The summed E-state index contributed by atoms with van der Waals surface area (Å²) in [5, 5.41) is 0. The van der Waals surface area contributed by atoms with Crippen molar-refractivity contribution in [3.63, 3.8) is 0 Å². The first-order valence-electron chi connectivity index (χ1n) is 6.07. The third-order valence-electron chi connectivity index (χ3n) is 3.57. The number of aryl methyl sites for hydroxylation is 1. The lowest BCUT2D eigenvalue weighted by Gasteiger charge is -2.42. The minimum Gasteiger partial charge on any atom is -0.496 e. The van der Waals surface area contributed by atoms with Gasteiger partial charge in [-0.05, 0) is 24.5 Å². The fourth-order valence-electron chi connectivity index (χ4n) is 2.35. The molecule has 2 nitrogen and oxygen atoms in total. The van der Waals surface area contributed by atoms with Gasteiger partial charge in [0, 0.05) is 16.9 Å². The smallest absolute Gasteiger partial charge is 0.122 e. The highest BCUT2D eigenvalue weighted by molar-refractivity contribution is 6.17. The number of hydrogen-bond acceptors (Lipinski definition) is 2. The average molecular weight is 255 g/mol. The SMILES string of the molecule is CCc1ccc(OC)c(C2(CCCl)COC2)c1. The molecule has 0 aromatic heterocycles. The number of ether oxygens (including phenoxy) is 2. The maximum atomic E-state index is 5.92. The Hall–Kier alpha value is -0.730. The Balaban J connectivity index is 2.40. The zero-order valence-electron chi connectivity index (χ0n) is 10.5. The van der Waals surface area contributed by atoms with Gasteiger partial charge in [-0.3, -0.25) is 0 Å². The molecule has 0 saturated carbocycles. The molecule has 94 valence electrons. The minimum absolute atomic E-state index is 0.0677. The van der Waals surface area contributed by atoms with Gasteiger partial charge in [0.25, 0.3) is 0 Å². The van der Waals surface area contributed by atoms with Crippen LogP contribution in [0.2, 0.25) is 0 Å². The molecular weight excluding hydrogens is 236 g/mol. The molecule has 0 spiro atoms. The number of methoxy groups -OCH3 is 1. The van der Waals surface area contributed by atoms with Crippen molar-refractivity contribution in [3.05, 3.63) is 29.3 Å². The fourth-order valence-corrected chi connectivity index (χ4v) is 2.72. The van der Waals surface area contributed by atoms with E-state index in [4.69, 9.17) is 21.1 Å². The molecule has 1 aromatic carbocycles. The van der Waals surface area contributed by atoms with Crippen molar-refractivity contribution >= 4 is 11.6 Å². The summed E-state index contributed by atoms with van der Waals surface area (Å²) >= 11 is 5.92. The first-order chi connectivity index (χ1) is 8.25. The molecule has 0 radical (unpaired) electrons. The summed E-state index contributed by atoms with van der Waals surface area (Å²) in [7, 11) is 1.72. The Labute approximate surface area is 108 Å². The zero-order valence-corrected chi connectivity index (χ0v) is 11.2. The van der Waals surface area contributed by atoms with Gasteiger partial charge in [-0.2, -0.15) is 0 Å². The lowest BCUT2D eigenvalue weighted by atomic mass is 9.75. The van der Waals surface area contributed by atoms with Crippen molar-refractivity contribution in [1.29, 1.82) is 0 Å². The van der Waals surface area contributed by atoms with Crippen molar-refractivity contribution in [1.82, 2.24) is 0 Å². The van der Waals surface area contributed by atoms with Crippen LogP contribution in [0, 0.1) is 0 Å². The maximum Gasteiger partial charge on any atom is 0.122 e. The number of halogens is 1. The van der Waals surface area contributed by atoms with Crippen LogP contribution in [0.5, 0.6) is 5.75 Å². The number of alkyl halides is 1. The Bertz CT molecular complexity index is 386. The molecule has 0 amide bonds. The Morgan fingerprint density at radius 2 is 2.18 bits per heavy atom. The van der Waals surface area contributed by atoms with Gasteiger partial charge in [0.2, 0.25) is 0 Å². The predicted octanol–water partition coefficient (Wildman–Crippen LogP) is 3.15. The first-order valence-corrected chi connectivity index (χ1v) is 6.60. The van der Waals surface area contributed by atoms with Crippen molar-refractivity contribution in [2.75, 3.05) is 26.2 Å². The summed E-state index contributed by atoms with van der Waals surface area (Å²) in [5.74, 6) is 1.61. The van der Waals surface area contributed by atoms with E-state index in [0.717, 1.165) is 31.8 Å². The molecule has 1 aromatic rings. The zero-order chi connectivity index (χ0) is 12.3. The van der Waals surface area contributed by atoms with Gasteiger partial charge in [0.05, 0.1) is 20.3 Å². The van der Waals surface area contributed by atoms with Gasteiger partial charge in [-0.1, -0.05) is 19.1 Å². The van der Waals surface area contributed by atoms with Gasteiger partial charge >= 0.3 is 0 Å². The molecule has 0 bridgehead atoms. The highest BCUT2D eigenvalue weighted by Gasteiger charge is 2.41. The van der Waals surface area contributed by atoms with E-state index in [1.54, 1.807) is 7.11 Å². The summed E-state index contributed by atoms with van der Waals surface area (Å²) < 4.78 is 10.9. The van der Waals surface area contributed by atoms with Crippen LogP contribution in [-0.2, 0) is 16.6 Å². The third kappa shape index (κ3) is 2.29. The minimum atomic E-state index is 0.0677. The van der Waals surface area contributed by atoms with E-state index in [0.29, 0.717) is 5.88 Å². The van der Waals surface area contributed by atoms with Crippen LogP contribution in [0.1, 0.15) is 24.5 Å². The van der Waals surface area contributed by atoms with Crippen LogP contribution in [0.25, 0.3) is 0 Å². The van der Waals surface area contributed by atoms with E-state index in [9.17, 15) is 0 Å². The second kappa shape index (κ2) is 5.28. The van der Waals surface area contributed by atoms with Gasteiger partial charge in [0.1, 0.15) is 5.75 Å². The van der Waals surface area contributed by atoms with E-state index in [1.165, 1.54) is 11.1 Å². The van der Waals surface area contributed by atoms with Crippen molar-refractivity contribution in [2.45, 2.75) is 25.2 Å². The van der Waals surface area contributed by atoms with Crippen molar-refractivity contribution in [3.8, 4) is 5.75 Å². The highest BCUT2D eigenvalue weighted by Crippen LogP contribution is 2.41. The molecule has 0 N–H and O–H groups in total. The molecule has 1 aliphatic rings. The normalized spacial score (nSPS) is 17.6. The Morgan fingerprint density at radius 3 is 2.65 bits per heavy atom. The lowest BCUT2D eigenvalue weighted by Crippen LogP contribution is -2.47. The van der Waals surface area contributed by atoms with Crippen LogP contribution in [0.4, 0.5) is 0 Å². The largest absolute Gasteiger partial charge is 0.496 e. The quantitative estimate of drug-likeness (QED) is 0.752. The van der Waals surface area contributed by atoms with Crippen LogP contribution in [0.15, 0.2) is 18.2 Å². The summed E-state index contributed by atoms with van der Waals surface area (Å²) in [6.45, 7) is 3.67. The van der Waals surface area contributed by atoms with Crippen LogP contribution >= 0.6 is 11.6 Å². The van der Waals surface area contributed by atoms with Crippen molar-refractivity contribution in [2.24, 2.45) is 0 Å². The van der Waals surface area contributed by atoms with E-state index in [2.05, 4.69) is 25.1 Å². The molecular formula is C14H19ClO2. The van der Waals surface area contributed by atoms with E-state index < -0.39 is 0 Å². The molecule has 17 heavy (non-hydrogen) atoms. The molecule has 2 rings (SSSR count). The lowest BCUT2D eigenvalue weighted by molar-refractivity contribution is -0.0625. The number of rotatable bonds is 5. The van der Waals surface area contributed by atoms with E-state index >= 15 is 0 Å². The maximum absolute atomic E-state index is 5.92. The van der Waals surface area contributed by atoms with Crippen LogP contribution < -0.4 is 4.74 Å². The van der Waals surface area contributed by atoms with Gasteiger partial charge in [0.15, 0.2) is 0 Å². The van der Waals surface area contributed by atoms with E-state index in [-0.39, 0.29) is 5.41 Å². The Kier molecular flexibility index (Phi) is 3.95. The summed E-state index contributed by atoms with van der Waals surface area (Å²) in [5.41, 5.74) is 2.66. The van der Waals surface area contributed by atoms with Crippen LogP contribution in [0.3, 0.4) is 0 Å². The second-order valence-corrected chi connectivity index (χ2v) is 4.98. The van der Waals surface area contributed by atoms with Crippen molar-refractivity contribution < 1.29 is 9.47 Å². The summed E-state index contributed by atoms with van der Waals surface area (Å²) in [6.07, 6.45) is 1.98. The topological polar surface area (TPSA) is 18.5 Å². The Morgan fingerprint density at radius 1 is 1.41 bits per heavy atom. The molecule has 0 aliphatic carbocycles. The number of benzene rings is 1. The monoisotopic (exact) mass is 254 g/mol. The summed E-state index contributed by atoms with van der Waals surface area (Å²) in [4.78, 5) is 0. The van der Waals surface area contributed by atoms with Gasteiger partial charge in [-0.15, -0.1) is 11.6 Å². The molecule has 1 heterocycles. The fraction of sp³-hybridized carbons (Fsp3) is 0.571. The third-order valence-corrected chi connectivity index (χ3v) is 3.76. The summed E-state index contributed by atoms with van der Waals surface area (Å²) in [6, 6.07) is 6.42. The molecule has 1 aliphatic heterocycles. The molecule has 1 saturated heterocycles. The molecule has 3 heteroatoms. The second-order valence-electron chi connectivity index (χ2n) is 4.60. The van der Waals surface area contributed by atoms with E-state index in [1.807, 2.05) is 0 Å². The standard InChI is InChI=1S/C14H19ClO2/c1-3-11-4-5-13(16-2)12(8-11)14(6-7-15)9-17-10-14/h4-5,8H,3,6-7,9-10H2,1-2H3. The first kappa shape index (κ1) is 12.7. The molecule has 1 fully saturated rings. The van der Waals surface area contributed by atoms with Gasteiger partial charge in [-0.25, -0.2) is 0 Å².